The summed E-state index contributed by atoms with van der Waals surface area (Å²) in [6, 6.07) is 12.7. The predicted octanol–water partition coefficient (Wildman–Crippen LogP) is 5.83. The van der Waals surface area contributed by atoms with Gasteiger partial charge in [-0.3, -0.25) is 4.79 Å². The molecule has 2 N–H and O–H groups in total. The number of nitrogens with one attached hydrogen (secondary N) is 2. The monoisotopic (exact) mass is 370 g/mol. The minimum atomic E-state index is -0.680. The number of carbonyl (C=O) groups excluding carboxylic acids is 1. The number of carbonyl (C=O) groups is 1. The molecule has 0 unspecified atom stereocenters. The molecule has 138 valence electrons. The molecule has 0 saturated heterocycles. The number of rotatable bonds is 7. The minimum absolute atomic E-state index is 0.0924. The van der Waals surface area contributed by atoms with E-state index < -0.39 is 4.87 Å². The predicted molar refractivity (Wildman–Crippen MR) is 111 cm³/mol. The highest BCUT2D eigenvalue weighted by Gasteiger charge is 2.48. The first-order valence-electron chi connectivity index (χ1n) is 9.50. The standard InChI is InChI=1S/C22H27ClN2O/c1-4-15-11-16(5-2)13-19(12-15)24-20-8-7-18(14-17(20)6-3)25-21(26)22(23)9-10-22/h7-8,11-14,24H,4-6,9-10H2,1-3H3,(H,25,26). The first-order chi connectivity index (χ1) is 12.5. The van der Waals surface area contributed by atoms with Crippen LogP contribution in [-0.2, 0) is 24.1 Å². The topological polar surface area (TPSA) is 41.1 Å². The Morgan fingerprint density at radius 3 is 2.15 bits per heavy atom. The van der Waals surface area contributed by atoms with Gasteiger partial charge in [-0.25, -0.2) is 0 Å². The lowest BCUT2D eigenvalue weighted by atomic mass is 10.0. The third-order valence-electron chi connectivity index (χ3n) is 4.99. The summed E-state index contributed by atoms with van der Waals surface area (Å²) in [5.74, 6) is -0.0924. The molecule has 2 aromatic rings. The summed E-state index contributed by atoms with van der Waals surface area (Å²) in [7, 11) is 0. The van der Waals surface area contributed by atoms with E-state index in [0.717, 1.165) is 49.2 Å². The van der Waals surface area contributed by atoms with E-state index in [1.165, 1.54) is 16.7 Å². The van der Waals surface area contributed by atoms with Gasteiger partial charge in [0, 0.05) is 17.1 Å². The first kappa shape index (κ1) is 18.8. The van der Waals surface area contributed by atoms with E-state index >= 15 is 0 Å². The van der Waals surface area contributed by atoms with Gasteiger partial charge in [0.15, 0.2) is 0 Å². The van der Waals surface area contributed by atoms with E-state index in [1.54, 1.807) is 0 Å². The van der Waals surface area contributed by atoms with Crippen LogP contribution in [0.3, 0.4) is 0 Å². The van der Waals surface area contributed by atoms with Crippen LogP contribution in [0.25, 0.3) is 0 Å². The van der Waals surface area contributed by atoms with Crippen LogP contribution in [-0.4, -0.2) is 10.8 Å². The Labute approximate surface area is 161 Å². The average molecular weight is 371 g/mol. The van der Waals surface area contributed by atoms with Gasteiger partial charge in [-0.2, -0.15) is 0 Å². The van der Waals surface area contributed by atoms with Crippen molar-refractivity contribution in [3.63, 3.8) is 0 Å². The fourth-order valence-electron chi connectivity index (χ4n) is 3.06. The number of hydrogen-bond donors (Lipinski definition) is 2. The molecule has 1 aliphatic rings. The summed E-state index contributed by atoms with van der Waals surface area (Å²) < 4.78 is 0. The molecule has 1 saturated carbocycles. The normalized spacial score (nSPS) is 14.8. The van der Waals surface area contributed by atoms with Crippen LogP contribution in [0.15, 0.2) is 36.4 Å². The van der Waals surface area contributed by atoms with Crippen molar-refractivity contribution in [3.05, 3.63) is 53.1 Å². The fraction of sp³-hybridized carbons (Fsp3) is 0.409. The molecule has 0 bridgehead atoms. The number of aryl methyl sites for hydroxylation is 3. The molecule has 0 spiro atoms. The molecule has 1 fully saturated rings. The molecule has 1 aliphatic carbocycles. The molecule has 0 radical (unpaired) electrons. The molecular formula is C22H27ClN2O. The Hall–Kier alpha value is -2.00. The van der Waals surface area contributed by atoms with Gasteiger partial charge in [0.1, 0.15) is 4.87 Å². The molecule has 0 atom stereocenters. The van der Waals surface area contributed by atoms with Gasteiger partial charge in [0.2, 0.25) is 5.91 Å². The maximum absolute atomic E-state index is 12.2. The van der Waals surface area contributed by atoms with Crippen molar-refractivity contribution >= 4 is 34.6 Å². The van der Waals surface area contributed by atoms with Gasteiger partial charge in [0.25, 0.3) is 0 Å². The Balaban J connectivity index is 1.81. The molecule has 26 heavy (non-hydrogen) atoms. The Bertz CT molecular complexity index is 790. The number of anilines is 3. The zero-order valence-corrected chi connectivity index (χ0v) is 16.5. The lowest BCUT2D eigenvalue weighted by Gasteiger charge is -2.16. The van der Waals surface area contributed by atoms with Crippen molar-refractivity contribution in [2.45, 2.75) is 57.7 Å². The zero-order chi connectivity index (χ0) is 18.7. The highest BCUT2D eigenvalue weighted by atomic mass is 35.5. The quantitative estimate of drug-likeness (QED) is 0.602. The second-order valence-corrected chi connectivity index (χ2v) is 7.74. The lowest BCUT2D eigenvalue weighted by molar-refractivity contribution is -0.116. The largest absolute Gasteiger partial charge is 0.355 e. The molecule has 3 rings (SSSR count). The maximum Gasteiger partial charge on any atom is 0.245 e. The second-order valence-electron chi connectivity index (χ2n) is 7.02. The number of alkyl halides is 1. The average Bonchev–Trinajstić information content (AvgIpc) is 3.41. The van der Waals surface area contributed by atoms with Crippen LogP contribution in [0.2, 0.25) is 0 Å². The Kier molecular flexibility index (Phi) is 5.57. The Morgan fingerprint density at radius 2 is 1.62 bits per heavy atom. The highest BCUT2D eigenvalue weighted by molar-refractivity contribution is 6.38. The van der Waals surface area contributed by atoms with Gasteiger partial charge < -0.3 is 10.6 Å². The van der Waals surface area contributed by atoms with Crippen LogP contribution in [0.1, 0.15) is 50.3 Å². The van der Waals surface area contributed by atoms with Crippen molar-refractivity contribution in [3.8, 4) is 0 Å². The van der Waals surface area contributed by atoms with Gasteiger partial charge >= 0.3 is 0 Å². The van der Waals surface area contributed by atoms with E-state index in [9.17, 15) is 4.79 Å². The summed E-state index contributed by atoms with van der Waals surface area (Å²) in [4.78, 5) is 11.5. The number of halogens is 1. The van der Waals surface area contributed by atoms with Crippen molar-refractivity contribution in [2.75, 3.05) is 10.6 Å². The van der Waals surface area contributed by atoms with Crippen molar-refractivity contribution in [2.24, 2.45) is 0 Å². The molecule has 1 amide bonds. The molecule has 3 nitrogen and oxygen atoms in total. The molecule has 2 aromatic carbocycles. The lowest BCUT2D eigenvalue weighted by Crippen LogP contribution is -2.24. The second kappa shape index (κ2) is 7.71. The number of amides is 1. The minimum Gasteiger partial charge on any atom is -0.355 e. The van der Waals surface area contributed by atoms with Crippen LogP contribution in [0.5, 0.6) is 0 Å². The van der Waals surface area contributed by atoms with Gasteiger partial charge in [-0.15, -0.1) is 11.6 Å². The third-order valence-corrected chi connectivity index (χ3v) is 5.54. The van der Waals surface area contributed by atoms with Crippen molar-refractivity contribution < 1.29 is 4.79 Å². The van der Waals surface area contributed by atoms with E-state index in [0.29, 0.717) is 0 Å². The van der Waals surface area contributed by atoms with Gasteiger partial charge in [-0.05, 0) is 79.1 Å². The van der Waals surface area contributed by atoms with E-state index in [2.05, 4.69) is 49.6 Å². The molecule has 0 heterocycles. The number of hydrogen-bond acceptors (Lipinski definition) is 2. The SMILES string of the molecule is CCc1cc(CC)cc(Nc2ccc(NC(=O)C3(Cl)CC3)cc2CC)c1. The molecule has 0 aromatic heterocycles. The van der Waals surface area contributed by atoms with Crippen molar-refractivity contribution in [1.29, 1.82) is 0 Å². The zero-order valence-electron chi connectivity index (χ0n) is 15.8. The molecule has 4 heteroatoms. The van der Waals surface area contributed by atoms with Crippen molar-refractivity contribution in [1.82, 2.24) is 0 Å². The van der Waals surface area contributed by atoms with Gasteiger partial charge in [-0.1, -0.05) is 26.8 Å². The van der Waals surface area contributed by atoms with E-state index in [1.807, 2.05) is 18.2 Å². The van der Waals surface area contributed by atoms with E-state index in [-0.39, 0.29) is 5.91 Å². The van der Waals surface area contributed by atoms with Crippen LogP contribution in [0.4, 0.5) is 17.1 Å². The summed E-state index contributed by atoms with van der Waals surface area (Å²) in [5, 5.41) is 6.51. The summed E-state index contributed by atoms with van der Waals surface area (Å²) in [5.41, 5.74) is 6.84. The van der Waals surface area contributed by atoms with Crippen LogP contribution in [0, 0.1) is 0 Å². The maximum atomic E-state index is 12.2. The highest BCUT2D eigenvalue weighted by Crippen LogP contribution is 2.43. The van der Waals surface area contributed by atoms with Crippen LogP contribution < -0.4 is 10.6 Å². The smallest absolute Gasteiger partial charge is 0.245 e. The Morgan fingerprint density at radius 1 is 0.962 bits per heavy atom. The summed E-state index contributed by atoms with van der Waals surface area (Å²) in [6.07, 6.45) is 4.44. The van der Waals surface area contributed by atoms with E-state index in [4.69, 9.17) is 11.6 Å². The molecule has 0 aliphatic heterocycles. The number of benzene rings is 2. The fourth-order valence-corrected chi connectivity index (χ4v) is 3.21. The summed E-state index contributed by atoms with van der Waals surface area (Å²) >= 11 is 6.19. The summed E-state index contributed by atoms with van der Waals surface area (Å²) in [6.45, 7) is 6.48. The van der Waals surface area contributed by atoms with Crippen LogP contribution >= 0.6 is 11.6 Å². The first-order valence-corrected chi connectivity index (χ1v) is 9.88. The third kappa shape index (κ3) is 4.21. The van der Waals surface area contributed by atoms with Gasteiger partial charge in [0.05, 0.1) is 0 Å². The molecular weight excluding hydrogens is 344 g/mol.